The van der Waals surface area contributed by atoms with Crippen molar-refractivity contribution < 1.29 is 8.78 Å². The van der Waals surface area contributed by atoms with E-state index in [1.165, 1.54) is 25.0 Å². The van der Waals surface area contributed by atoms with Crippen LogP contribution in [0.15, 0.2) is 18.2 Å². The van der Waals surface area contributed by atoms with Crippen LogP contribution in [-0.4, -0.2) is 19.6 Å². The Hall–Kier alpha value is -1.00. The molecule has 4 heteroatoms. The molecule has 2 rings (SSSR count). The number of hydrogen-bond donors (Lipinski definition) is 2. The van der Waals surface area contributed by atoms with E-state index in [4.69, 9.17) is 0 Å². The molecule has 0 radical (unpaired) electrons. The van der Waals surface area contributed by atoms with Crippen LogP contribution in [0.5, 0.6) is 0 Å². The Bertz CT molecular complexity index is 389. The van der Waals surface area contributed by atoms with E-state index in [9.17, 15) is 8.78 Å². The largest absolute Gasteiger partial charge is 0.316 e. The zero-order valence-corrected chi connectivity index (χ0v) is 10.7. The van der Waals surface area contributed by atoms with Crippen molar-refractivity contribution in [2.24, 2.45) is 5.92 Å². The molecule has 2 unspecified atom stereocenters. The average molecular weight is 254 g/mol. The van der Waals surface area contributed by atoms with E-state index in [1.54, 1.807) is 0 Å². The van der Waals surface area contributed by atoms with Crippen LogP contribution in [0.1, 0.15) is 31.4 Å². The van der Waals surface area contributed by atoms with Gasteiger partial charge in [0.25, 0.3) is 0 Å². The van der Waals surface area contributed by atoms with Crippen LogP contribution in [0.2, 0.25) is 0 Å². The van der Waals surface area contributed by atoms with E-state index >= 15 is 0 Å². The minimum atomic E-state index is -0.528. The van der Waals surface area contributed by atoms with Crippen LogP contribution < -0.4 is 10.6 Å². The molecular formula is C14H20F2N2. The fourth-order valence-electron chi connectivity index (χ4n) is 2.40. The lowest BCUT2D eigenvalue weighted by molar-refractivity contribution is 0.346. The summed E-state index contributed by atoms with van der Waals surface area (Å²) in [7, 11) is 0. The molecule has 0 bridgehead atoms. The molecule has 1 aromatic carbocycles. The predicted molar refractivity (Wildman–Crippen MR) is 68.4 cm³/mol. The zero-order valence-electron chi connectivity index (χ0n) is 10.7. The van der Waals surface area contributed by atoms with Crippen LogP contribution in [-0.2, 0) is 0 Å². The summed E-state index contributed by atoms with van der Waals surface area (Å²) in [6.45, 7) is 4.89. The summed E-state index contributed by atoms with van der Waals surface area (Å²) in [5.41, 5.74) is 0.528. The first kappa shape index (κ1) is 13.4. The number of halogens is 2. The summed E-state index contributed by atoms with van der Waals surface area (Å²) in [5.74, 6) is -0.401. The molecule has 18 heavy (non-hydrogen) atoms. The normalized spacial score (nSPS) is 21.8. The Labute approximate surface area is 107 Å². The lowest BCUT2D eigenvalue weighted by atomic mass is 9.99. The zero-order chi connectivity index (χ0) is 13.0. The van der Waals surface area contributed by atoms with Gasteiger partial charge in [-0.15, -0.1) is 0 Å². The standard InChI is InChI=1S/C14H20F2N2/c1-10(13-5-4-12(15)7-14(13)16)18-9-11-3-2-6-17-8-11/h4-5,7,10-11,17-18H,2-3,6,8-9H2,1H3. The molecule has 1 aliphatic rings. The fraction of sp³-hybridized carbons (Fsp3) is 0.571. The Morgan fingerprint density at radius 3 is 2.94 bits per heavy atom. The van der Waals surface area contributed by atoms with E-state index in [1.807, 2.05) is 6.92 Å². The van der Waals surface area contributed by atoms with Gasteiger partial charge in [-0.25, -0.2) is 8.78 Å². The molecule has 2 nitrogen and oxygen atoms in total. The third kappa shape index (κ3) is 3.50. The number of benzene rings is 1. The smallest absolute Gasteiger partial charge is 0.130 e. The molecule has 0 aliphatic carbocycles. The highest BCUT2D eigenvalue weighted by atomic mass is 19.1. The first-order valence-corrected chi connectivity index (χ1v) is 6.56. The van der Waals surface area contributed by atoms with Crippen LogP contribution >= 0.6 is 0 Å². The van der Waals surface area contributed by atoms with Crippen LogP contribution in [0, 0.1) is 17.6 Å². The van der Waals surface area contributed by atoms with Crippen molar-refractivity contribution in [2.75, 3.05) is 19.6 Å². The Balaban J connectivity index is 1.88. The molecule has 0 saturated carbocycles. The van der Waals surface area contributed by atoms with Crippen molar-refractivity contribution >= 4 is 0 Å². The second kappa shape index (κ2) is 6.25. The van der Waals surface area contributed by atoms with E-state index in [0.717, 1.165) is 25.7 Å². The second-order valence-corrected chi connectivity index (χ2v) is 5.01. The van der Waals surface area contributed by atoms with Gasteiger partial charge in [0, 0.05) is 17.7 Å². The first-order valence-electron chi connectivity index (χ1n) is 6.56. The first-order chi connectivity index (χ1) is 8.66. The summed E-state index contributed by atoms with van der Waals surface area (Å²) in [4.78, 5) is 0. The molecular weight excluding hydrogens is 234 g/mol. The third-order valence-electron chi connectivity index (χ3n) is 3.54. The van der Waals surface area contributed by atoms with Crippen molar-refractivity contribution in [3.05, 3.63) is 35.4 Å². The molecule has 100 valence electrons. The maximum absolute atomic E-state index is 13.6. The highest BCUT2D eigenvalue weighted by Gasteiger charge is 2.16. The number of hydrogen-bond acceptors (Lipinski definition) is 2. The van der Waals surface area contributed by atoms with Gasteiger partial charge >= 0.3 is 0 Å². The SMILES string of the molecule is CC(NCC1CCCNC1)c1ccc(F)cc1F. The summed E-state index contributed by atoms with van der Waals surface area (Å²) in [6.07, 6.45) is 2.41. The van der Waals surface area contributed by atoms with E-state index in [-0.39, 0.29) is 6.04 Å². The van der Waals surface area contributed by atoms with Gasteiger partial charge < -0.3 is 10.6 Å². The summed E-state index contributed by atoms with van der Waals surface area (Å²) < 4.78 is 26.4. The molecule has 1 aromatic rings. The average Bonchev–Trinajstić information content (AvgIpc) is 2.37. The van der Waals surface area contributed by atoms with Crippen LogP contribution in [0.25, 0.3) is 0 Å². The number of piperidine rings is 1. The molecule has 0 aromatic heterocycles. The van der Waals surface area contributed by atoms with Gasteiger partial charge in [-0.1, -0.05) is 6.07 Å². The Morgan fingerprint density at radius 2 is 2.28 bits per heavy atom. The molecule has 0 amide bonds. The van der Waals surface area contributed by atoms with Gasteiger partial charge in [0.05, 0.1) is 0 Å². The highest BCUT2D eigenvalue weighted by molar-refractivity contribution is 5.21. The van der Waals surface area contributed by atoms with Crippen molar-refractivity contribution in [1.82, 2.24) is 10.6 Å². The molecule has 1 fully saturated rings. The van der Waals surface area contributed by atoms with E-state index in [0.29, 0.717) is 11.5 Å². The van der Waals surface area contributed by atoms with Gasteiger partial charge in [-0.3, -0.25) is 0 Å². The summed E-state index contributed by atoms with van der Waals surface area (Å²) in [6, 6.07) is 3.67. The molecule has 2 atom stereocenters. The lowest BCUT2D eigenvalue weighted by Gasteiger charge is -2.25. The van der Waals surface area contributed by atoms with E-state index < -0.39 is 11.6 Å². The predicted octanol–water partition coefficient (Wildman–Crippen LogP) is 2.62. The van der Waals surface area contributed by atoms with E-state index in [2.05, 4.69) is 10.6 Å². The Kier molecular flexibility index (Phi) is 4.66. The van der Waals surface area contributed by atoms with Gasteiger partial charge in [0.1, 0.15) is 11.6 Å². The van der Waals surface area contributed by atoms with Crippen molar-refractivity contribution in [3.63, 3.8) is 0 Å². The monoisotopic (exact) mass is 254 g/mol. The minimum Gasteiger partial charge on any atom is -0.316 e. The van der Waals surface area contributed by atoms with Crippen LogP contribution in [0.3, 0.4) is 0 Å². The lowest BCUT2D eigenvalue weighted by Crippen LogP contribution is -2.36. The number of nitrogens with one attached hydrogen (secondary N) is 2. The number of rotatable bonds is 4. The Morgan fingerprint density at radius 1 is 1.44 bits per heavy atom. The third-order valence-corrected chi connectivity index (χ3v) is 3.54. The molecule has 1 heterocycles. The van der Waals surface area contributed by atoms with Gasteiger partial charge in [-0.2, -0.15) is 0 Å². The van der Waals surface area contributed by atoms with Crippen molar-refractivity contribution in [2.45, 2.75) is 25.8 Å². The summed E-state index contributed by atoms with van der Waals surface area (Å²) in [5, 5.41) is 6.68. The van der Waals surface area contributed by atoms with Gasteiger partial charge in [0.2, 0.25) is 0 Å². The maximum atomic E-state index is 13.6. The summed E-state index contributed by atoms with van der Waals surface area (Å²) >= 11 is 0. The van der Waals surface area contributed by atoms with Crippen molar-refractivity contribution in [1.29, 1.82) is 0 Å². The minimum absolute atomic E-state index is 0.0903. The second-order valence-electron chi connectivity index (χ2n) is 5.01. The fourth-order valence-corrected chi connectivity index (χ4v) is 2.40. The van der Waals surface area contributed by atoms with Gasteiger partial charge in [-0.05, 0) is 51.4 Å². The maximum Gasteiger partial charge on any atom is 0.130 e. The quantitative estimate of drug-likeness (QED) is 0.863. The van der Waals surface area contributed by atoms with Crippen molar-refractivity contribution in [3.8, 4) is 0 Å². The molecule has 1 aliphatic heterocycles. The molecule has 0 spiro atoms. The van der Waals surface area contributed by atoms with Gasteiger partial charge in [0.15, 0.2) is 0 Å². The molecule has 1 saturated heterocycles. The van der Waals surface area contributed by atoms with Crippen LogP contribution in [0.4, 0.5) is 8.78 Å². The molecule has 2 N–H and O–H groups in total. The topological polar surface area (TPSA) is 24.1 Å². The highest BCUT2D eigenvalue weighted by Crippen LogP contribution is 2.18.